The molecule has 0 aliphatic carbocycles. The molecule has 0 spiro atoms. The zero-order chi connectivity index (χ0) is 32.9. The van der Waals surface area contributed by atoms with Gasteiger partial charge < -0.3 is 25.4 Å². The molecule has 3 N–H and O–H groups in total. The van der Waals surface area contributed by atoms with Crippen molar-refractivity contribution in [3.05, 3.63) is 70.2 Å². The number of nitrogens with zero attached hydrogens (tertiary/aromatic N) is 5. The minimum atomic E-state index is 0.0878. The van der Waals surface area contributed by atoms with E-state index in [1.165, 1.54) is 0 Å². The van der Waals surface area contributed by atoms with Gasteiger partial charge in [-0.1, -0.05) is 59.6 Å². The average molecular weight is 678 g/mol. The molecule has 0 saturated carbocycles. The standard InChI is InChI=1S/C34H38Cl2N8O3/c1-20-18-44(13-12-38-20)19-29-34(47-3)43-27(17-40-29)25-9-5-7-23(32(25)36)22-6-4-8-24(31(22)35)26-16-39-28(33(42-26)46-2)15-37-14-21-10-11-30(45)41-21/h4-9,16-17,20-21,37-38H,10-15,18-19H2,1-3H3,(H,41,45)/t20-,21+/m1/s1. The van der Waals surface area contributed by atoms with Gasteiger partial charge in [0.15, 0.2) is 0 Å². The second kappa shape index (κ2) is 14.9. The molecule has 4 heterocycles. The van der Waals surface area contributed by atoms with E-state index in [4.69, 9.17) is 47.6 Å². The fourth-order valence-corrected chi connectivity index (χ4v) is 6.70. The van der Waals surface area contributed by atoms with Crippen LogP contribution in [-0.2, 0) is 17.9 Å². The average Bonchev–Trinajstić information content (AvgIpc) is 3.50. The number of benzene rings is 2. The van der Waals surface area contributed by atoms with Gasteiger partial charge in [-0.25, -0.2) is 9.97 Å². The zero-order valence-electron chi connectivity index (χ0n) is 26.6. The van der Waals surface area contributed by atoms with E-state index in [9.17, 15) is 4.79 Å². The molecule has 0 bridgehead atoms. The molecule has 246 valence electrons. The minimum Gasteiger partial charge on any atom is -0.480 e. The highest BCUT2D eigenvalue weighted by Crippen LogP contribution is 2.42. The van der Waals surface area contributed by atoms with Gasteiger partial charge in [0.25, 0.3) is 0 Å². The van der Waals surface area contributed by atoms with Gasteiger partial charge >= 0.3 is 0 Å². The van der Waals surface area contributed by atoms with E-state index in [0.717, 1.165) is 42.9 Å². The lowest BCUT2D eigenvalue weighted by Crippen LogP contribution is -2.48. The van der Waals surface area contributed by atoms with Crippen LogP contribution in [0.1, 0.15) is 31.2 Å². The molecule has 0 unspecified atom stereocenters. The van der Waals surface area contributed by atoms with Gasteiger partial charge in [-0.05, 0) is 13.3 Å². The summed E-state index contributed by atoms with van der Waals surface area (Å²) in [5, 5.41) is 10.7. The monoisotopic (exact) mass is 676 g/mol. The first kappa shape index (κ1) is 33.0. The second-order valence-electron chi connectivity index (χ2n) is 11.8. The van der Waals surface area contributed by atoms with Crippen molar-refractivity contribution in [1.82, 2.24) is 40.8 Å². The predicted molar refractivity (Wildman–Crippen MR) is 183 cm³/mol. The third-order valence-electron chi connectivity index (χ3n) is 8.44. The highest BCUT2D eigenvalue weighted by Gasteiger charge is 2.23. The van der Waals surface area contributed by atoms with Crippen molar-refractivity contribution in [3.8, 4) is 45.4 Å². The summed E-state index contributed by atoms with van der Waals surface area (Å²) in [5.41, 5.74) is 5.52. The number of nitrogens with one attached hydrogen (secondary N) is 3. The van der Waals surface area contributed by atoms with Crippen LogP contribution in [0.25, 0.3) is 33.6 Å². The summed E-state index contributed by atoms with van der Waals surface area (Å²) in [6, 6.07) is 12.0. The first-order valence-corrected chi connectivity index (χ1v) is 16.4. The molecule has 6 rings (SSSR count). The van der Waals surface area contributed by atoms with Crippen LogP contribution in [0.3, 0.4) is 0 Å². The maximum absolute atomic E-state index is 11.5. The third kappa shape index (κ3) is 7.50. The Hall–Kier alpha value is -3.87. The summed E-state index contributed by atoms with van der Waals surface area (Å²) in [4.78, 5) is 32.7. The Balaban J connectivity index is 1.24. The van der Waals surface area contributed by atoms with E-state index in [1.54, 1.807) is 26.6 Å². The molecule has 2 aliphatic rings. The van der Waals surface area contributed by atoms with Crippen LogP contribution in [0.4, 0.5) is 0 Å². The molecule has 4 aromatic rings. The van der Waals surface area contributed by atoms with Crippen LogP contribution in [0.5, 0.6) is 11.8 Å². The fourth-order valence-electron chi connectivity index (χ4n) is 6.05. The lowest BCUT2D eigenvalue weighted by Gasteiger charge is -2.31. The highest BCUT2D eigenvalue weighted by atomic mass is 35.5. The van der Waals surface area contributed by atoms with Gasteiger partial charge in [-0.15, -0.1) is 0 Å². The number of ether oxygens (including phenoxy) is 2. The number of hydrogen-bond donors (Lipinski definition) is 3. The first-order valence-electron chi connectivity index (χ1n) is 15.7. The molecule has 2 aliphatic heterocycles. The topological polar surface area (TPSA) is 126 Å². The van der Waals surface area contributed by atoms with Crippen LogP contribution < -0.4 is 25.4 Å². The molecule has 13 heteroatoms. The van der Waals surface area contributed by atoms with Gasteiger partial charge in [0, 0.05) is 80.0 Å². The van der Waals surface area contributed by atoms with Crippen molar-refractivity contribution in [3.63, 3.8) is 0 Å². The van der Waals surface area contributed by atoms with Crippen molar-refractivity contribution in [2.45, 2.75) is 44.9 Å². The Kier molecular flexibility index (Phi) is 10.5. The molecular weight excluding hydrogens is 639 g/mol. The van der Waals surface area contributed by atoms with Gasteiger partial charge in [0.05, 0.1) is 48.0 Å². The maximum atomic E-state index is 11.5. The maximum Gasteiger partial charge on any atom is 0.237 e. The van der Waals surface area contributed by atoms with Gasteiger partial charge in [-0.3, -0.25) is 19.7 Å². The van der Waals surface area contributed by atoms with E-state index < -0.39 is 0 Å². The Labute approximate surface area is 284 Å². The Morgan fingerprint density at radius 2 is 1.51 bits per heavy atom. The Morgan fingerprint density at radius 1 is 0.915 bits per heavy atom. The van der Waals surface area contributed by atoms with Gasteiger partial charge in [-0.2, -0.15) is 0 Å². The SMILES string of the molecule is COc1nc(-c2cccc(-c3cccc(-c4cnc(CN5CCN[C@H](C)C5)c(OC)n4)c3Cl)c2Cl)cnc1CNC[C@@H]1CCC(=O)N1. The molecule has 2 aromatic carbocycles. The minimum absolute atomic E-state index is 0.0878. The number of rotatable bonds is 11. The van der Waals surface area contributed by atoms with Crippen molar-refractivity contribution in [2.75, 3.05) is 40.4 Å². The molecule has 2 atom stereocenters. The summed E-state index contributed by atoms with van der Waals surface area (Å²) in [6.45, 7) is 6.73. The van der Waals surface area contributed by atoms with E-state index >= 15 is 0 Å². The smallest absolute Gasteiger partial charge is 0.237 e. The Bertz CT molecular complexity index is 1760. The molecule has 1 amide bonds. The van der Waals surface area contributed by atoms with Crippen LogP contribution in [0.2, 0.25) is 10.0 Å². The van der Waals surface area contributed by atoms with Crippen LogP contribution in [-0.4, -0.2) is 83.2 Å². The second-order valence-corrected chi connectivity index (χ2v) is 12.5. The lowest BCUT2D eigenvalue weighted by molar-refractivity contribution is -0.119. The quantitative estimate of drug-likeness (QED) is 0.205. The van der Waals surface area contributed by atoms with Gasteiger partial charge in [0.1, 0.15) is 11.4 Å². The van der Waals surface area contributed by atoms with Crippen molar-refractivity contribution in [2.24, 2.45) is 0 Å². The normalized spacial score (nSPS) is 18.3. The predicted octanol–water partition coefficient (Wildman–Crippen LogP) is 4.75. The molecular formula is C34H38Cl2N8O3. The van der Waals surface area contributed by atoms with Crippen molar-refractivity contribution < 1.29 is 14.3 Å². The summed E-state index contributed by atoms with van der Waals surface area (Å²) >= 11 is 14.1. The van der Waals surface area contributed by atoms with Crippen molar-refractivity contribution in [1.29, 1.82) is 0 Å². The molecule has 2 aromatic heterocycles. The van der Waals surface area contributed by atoms with Crippen LogP contribution in [0.15, 0.2) is 48.8 Å². The summed E-state index contributed by atoms with van der Waals surface area (Å²) in [6.07, 6.45) is 4.81. The number of carbonyl (C=O) groups is 1. The molecule has 2 saturated heterocycles. The van der Waals surface area contributed by atoms with E-state index in [1.807, 2.05) is 36.4 Å². The number of methoxy groups -OCH3 is 2. The lowest BCUT2D eigenvalue weighted by atomic mass is 9.98. The number of aromatic nitrogens is 4. The summed E-state index contributed by atoms with van der Waals surface area (Å²) < 4.78 is 11.3. The number of carbonyl (C=O) groups excluding carboxylic acids is 1. The van der Waals surface area contributed by atoms with Crippen molar-refractivity contribution >= 4 is 29.1 Å². The van der Waals surface area contributed by atoms with E-state index in [0.29, 0.717) is 82.1 Å². The summed E-state index contributed by atoms with van der Waals surface area (Å²) in [5.74, 6) is 0.964. The zero-order valence-corrected chi connectivity index (χ0v) is 28.2. The molecule has 47 heavy (non-hydrogen) atoms. The summed E-state index contributed by atoms with van der Waals surface area (Å²) in [7, 11) is 3.17. The first-order chi connectivity index (χ1) is 22.8. The third-order valence-corrected chi connectivity index (χ3v) is 9.26. The highest BCUT2D eigenvalue weighted by molar-refractivity contribution is 6.39. The number of amides is 1. The van der Waals surface area contributed by atoms with Crippen LogP contribution in [0, 0.1) is 0 Å². The van der Waals surface area contributed by atoms with E-state index in [-0.39, 0.29) is 11.9 Å². The molecule has 2 fully saturated rings. The number of halogens is 2. The Morgan fingerprint density at radius 3 is 2.09 bits per heavy atom. The molecule has 11 nitrogen and oxygen atoms in total. The number of piperazine rings is 1. The van der Waals surface area contributed by atoms with Gasteiger partial charge in [0.2, 0.25) is 17.7 Å². The largest absolute Gasteiger partial charge is 0.480 e. The molecule has 0 radical (unpaired) electrons. The fraction of sp³-hybridized carbons (Fsp3) is 0.382. The van der Waals surface area contributed by atoms with Crippen LogP contribution >= 0.6 is 23.2 Å². The van der Waals surface area contributed by atoms with E-state index in [2.05, 4.69) is 32.8 Å². The number of hydrogen-bond acceptors (Lipinski definition) is 10.